The van der Waals surface area contributed by atoms with Gasteiger partial charge in [0.15, 0.2) is 12.4 Å². The van der Waals surface area contributed by atoms with Gasteiger partial charge in [0.1, 0.15) is 12.6 Å². The highest BCUT2D eigenvalue weighted by Gasteiger charge is 2.35. The van der Waals surface area contributed by atoms with E-state index in [1.54, 1.807) is 12.2 Å². The SMILES string of the molecule is CC/C=C\C/C=C\C/C=C\C/C=C\C/C=C\CCCCCC(=O)OC[C@H](COP(=O)(O)OC[C@H](N)C(=O)O)OC(=O)CCC/C=C\C[C@H]1[C@@H](O)CC(O)O[C@@H]1/C=C/[C@@H](O)CCCCC. The van der Waals surface area contributed by atoms with Gasteiger partial charge >= 0.3 is 25.7 Å². The lowest BCUT2D eigenvalue weighted by Crippen LogP contribution is -2.43. The van der Waals surface area contributed by atoms with E-state index in [2.05, 4.69) is 79.1 Å². The molecule has 2 unspecified atom stereocenters. The van der Waals surface area contributed by atoms with Crippen LogP contribution in [0.5, 0.6) is 0 Å². The fraction of sp³-hybridized carbons (Fsp3) is 0.646. The average molecular weight is 924 g/mol. The zero-order valence-electron chi connectivity index (χ0n) is 38.1. The normalized spacial score (nSPS) is 20.9. The number of hydrogen-bond donors (Lipinski definition) is 6. The van der Waals surface area contributed by atoms with Gasteiger partial charge in [-0.25, -0.2) is 4.57 Å². The fourth-order valence-electron chi connectivity index (χ4n) is 6.25. The molecule has 0 aliphatic carbocycles. The Bertz CT molecular complexity index is 1520. The van der Waals surface area contributed by atoms with E-state index >= 15 is 0 Å². The van der Waals surface area contributed by atoms with Crippen molar-refractivity contribution in [1.82, 2.24) is 0 Å². The van der Waals surface area contributed by atoms with E-state index in [-0.39, 0.29) is 25.2 Å². The molecule has 364 valence electrons. The highest BCUT2D eigenvalue weighted by Crippen LogP contribution is 2.43. The van der Waals surface area contributed by atoms with E-state index in [0.717, 1.165) is 70.6 Å². The van der Waals surface area contributed by atoms with Crippen LogP contribution >= 0.6 is 7.82 Å². The number of aliphatic carboxylic acids is 1. The smallest absolute Gasteiger partial charge is 0.472 e. The number of ether oxygens (including phenoxy) is 3. The Morgan fingerprint density at radius 2 is 1.34 bits per heavy atom. The molecule has 1 rings (SSSR count). The minimum atomic E-state index is -4.81. The zero-order valence-corrected chi connectivity index (χ0v) is 39.0. The van der Waals surface area contributed by atoms with Gasteiger partial charge in [-0.1, -0.05) is 125 Å². The molecule has 0 spiro atoms. The van der Waals surface area contributed by atoms with Gasteiger partial charge in [0.2, 0.25) is 0 Å². The topological polar surface area (TPSA) is 242 Å². The number of hydrogen-bond acceptors (Lipinski definition) is 13. The van der Waals surface area contributed by atoms with E-state index in [1.165, 1.54) is 0 Å². The van der Waals surface area contributed by atoms with Crippen LogP contribution in [0.4, 0.5) is 0 Å². The first kappa shape index (κ1) is 58.5. The zero-order chi connectivity index (χ0) is 47.3. The number of esters is 2. The summed E-state index contributed by atoms with van der Waals surface area (Å²) in [5.41, 5.74) is 5.33. The summed E-state index contributed by atoms with van der Waals surface area (Å²) in [6.45, 7) is 2.25. The molecule has 16 heteroatoms. The van der Waals surface area contributed by atoms with Gasteiger partial charge in [0.25, 0.3) is 0 Å². The number of carboxylic acid groups (broad SMARTS) is 1. The van der Waals surface area contributed by atoms with E-state index in [0.29, 0.717) is 32.1 Å². The second kappa shape index (κ2) is 37.7. The van der Waals surface area contributed by atoms with E-state index in [4.69, 9.17) is 29.6 Å². The second-order valence-corrected chi connectivity index (χ2v) is 17.1. The molecular formula is C48H78NO14P. The molecule has 64 heavy (non-hydrogen) atoms. The highest BCUT2D eigenvalue weighted by molar-refractivity contribution is 7.47. The standard InChI is InChI=1S/C48H78NO14P/c1-3-5-7-8-9-10-11-12-13-14-15-16-17-18-19-20-21-22-27-31-45(52)59-36-40(37-60-64(57,58)61-38-42(49)48(55)56)62-46(53)32-28-24-23-26-30-41-43(51)35-47(54)63-44(41)34-33-39(50)29-25-6-4-2/h5,7,9-10,12-13,15-16,18-19,23,26,33-34,39-44,47,50-51,54H,3-4,6,8,11,14,17,20-22,24-25,27-32,35-38,49H2,1-2H3,(H,55,56)(H,57,58)/b7-5-,10-9-,13-12-,16-15-,19-18-,26-23-,34-33+/t39-,40+,41-,42-,43-,44+,47?/m0/s1. The molecule has 1 saturated heterocycles. The minimum absolute atomic E-state index is 0.0456. The third kappa shape index (κ3) is 32.2. The predicted molar refractivity (Wildman–Crippen MR) is 248 cm³/mol. The van der Waals surface area contributed by atoms with E-state index < -0.39 is 82.3 Å². The summed E-state index contributed by atoms with van der Waals surface area (Å²) in [6, 6.07) is -1.58. The van der Waals surface area contributed by atoms with Crippen molar-refractivity contribution < 1.29 is 67.5 Å². The van der Waals surface area contributed by atoms with Crippen molar-refractivity contribution >= 4 is 25.7 Å². The summed E-state index contributed by atoms with van der Waals surface area (Å²) in [6.07, 6.45) is 36.9. The fourth-order valence-corrected chi connectivity index (χ4v) is 7.02. The van der Waals surface area contributed by atoms with Crippen LogP contribution in [0.15, 0.2) is 85.1 Å². The van der Waals surface area contributed by atoms with Gasteiger partial charge in [0, 0.05) is 25.2 Å². The number of carbonyl (C=O) groups is 3. The Hall–Kier alpha value is -3.50. The first-order valence-electron chi connectivity index (χ1n) is 23.0. The van der Waals surface area contributed by atoms with Gasteiger partial charge in [-0.2, -0.15) is 0 Å². The Balaban J connectivity index is 2.54. The van der Waals surface area contributed by atoms with Crippen LogP contribution in [0.2, 0.25) is 0 Å². The molecule has 0 aromatic heterocycles. The number of aliphatic hydroxyl groups is 3. The third-order valence-corrected chi connectivity index (χ3v) is 10.9. The number of nitrogens with two attached hydrogens (primary N) is 1. The molecule has 1 aliphatic rings. The number of carbonyl (C=O) groups excluding carboxylic acids is 2. The summed E-state index contributed by atoms with van der Waals surface area (Å²) in [5, 5.41) is 39.9. The van der Waals surface area contributed by atoms with Gasteiger partial charge in [-0.3, -0.25) is 23.4 Å². The lowest BCUT2D eigenvalue weighted by molar-refractivity contribution is -0.199. The van der Waals surface area contributed by atoms with Crippen molar-refractivity contribution in [3.63, 3.8) is 0 Å². The molecule has 0 aromatic rings. The number of phosphoric acid groups is 1. The maximum absolute atomic E-state index is 12.8. The molecule has 1 heterocycles. The molecule has 0 amide bonds. The molecule has 0 aromatic carbocycles. The Morgan fingerprint density at radius 1 is 0.750 bits per heavy atom. The number of carboxylic acids is 1. The molecule has 1 fully saturated rings. The van der Waals surface area contributed by atoms with Gasteiger partial charge < -0.3 is 45.3 Å². The summed E-state index contributed by atoms with van der Waals surface area (Å²) in [5.74, 6) is -3.02. The first-order valence-corrected chi connectivity index (χ1v) is 24.5. The molecule has 8 atom stereocenters. The van der Waals surface area contributed by atoms with Gasteiger partial charge in [0.05, 0.1) is 31.5 Å². The van der Waals surface area contributed by atoms with Crippen LogP contribution in [-0.4, -0.2) is 99.8 Å². The van der Waals surface area contributed by atoms with Crippen molar-refractivity contribution in [3.8, 4) is 0 Å². The van der Waals surface area contributed by atoms with Crippen molar-refractivity contribution in [2.45, 2.75) is 173 Å². The van der Waals surface area contributed by atoms with Crippen molar-refractivity contribution in [1.29, 1.82) is 0 Å². The van der Waals surface area contributed by atoms with Crippen LogP contribution in [-0.2, 0) is 42.2 Å². The monoisotopic (exact) mass is 924 g/mol. The quantitative estimate of drug-likeness (QED) is 0.0148. The molecule has 0 radical (unpaired) electrons. The Kier molecular flexibility index (Phi) is 34.5. The number of aliphatic hydroxyl groups excluding tert-OH is 3. The molecule has 7 N–H and O–H groups in total. The van der Waals surface area contributed by atoms with E-state index in [9.17, 15) is 39.2 Å². The average Bonchev–Trinajstić information content (AvgIpc) is 3.25. The van der Waals surface area contributed by atoms with Gasteiger partial charge in [-0.05, 0) is 77.0 Å². The van der Waals surface area contributed by atoms with Crippen LogP contribution < -0.4 is 5.73 Å². The number of rotatable bonds is 37. The molecule has 15 nitrogen and oxygen atoms in total. The summed E-state index contributed by atoms with van der Waals surface area (Å²) < 4.78 is 38.3. The lowest BCUT2D eigenvalue weighted by Gasteiger charge is -2.36. The molecular weight excluding hydrogens is 845 g/mol. The van der Waals surface area contributed by atoms with Crippen LogP contribution in [0.25, 0.3) is 0 Å². The number of unbranched alkanes of at least 4 members (excludes halogenated alkanes) is 6. The number of phosphoric ester groups is 1. The molecule has 1 aliphatic heterocycles. The van der Waals surface area contributed by atoms with Crippen molar-refractivity contribution in [2.24, 2.45) is 11.7 Å². The number of allylic oxidation sites excluding steroid dienone is 12. The first-order chi connectivity index (χ1) is 30.8. The molecule has 0 saturated carbocycles. The van der Waals surface area contributed by atoms with Gasteiger partial charge in [-0.15, -0.1) is 0 Å². The van der Waals surface area contributed by atoms with Crippen molar-refractivity contribution in [2.75, 3.05) is 19.8 Å². The highest BCUT2D eigenvalue weighted by atomic mass is 31.2. The lowest BCUT2D eigenvalue weighted by atomic mass is 9.87. The Morgan fingerprint density at radius 3 is 1.98 bits per heavy atom. The predicted octanol–water partition coefficient (Wildman–Crippen LogP) is 8.39. The summed E-state index contributed by atoms with van der Waals surface area (Å²) >= 11 is 0. The second-order valence-electron chi connectivity index (χ2n) is 15.7. The van der Waals surface area contributed by atoms with Crippen LogP contribution in [0.1, 0.15) is 136 Å². The minimum Gasteiger partial charge on any atom is -0.480 e. The van der Waals surface area contributed by atoms with E-state index in [1.807, 2.05) is 12.2 Å². The largest absolute Gasteiger partial charge is 0.480 e. The summed E-state index contributed by atoms with van der Waals surface area (Å²) in [4.78, 5) is 46.3. The maximum Gasteiger partial charge on any atom is 0.472 e. The van der Waals surface area contributed by atoms with Crippen LogP contribution in [0.3, 0.4) is 0 Å². The molecule has 0 bridgehead atoms. The van der Waals surface area contributed by atoms with Crippen molar-refractivity contribution in [3.05, 3.63) is 85.1 Å². The maximum atomic E-state index is 12.8. The third-order valence-electron chi connectivity index (χ3n) is 9.92. The summed E-state index contributed by atoms with van der Waals surface area (Å²) in [7, 11) is -4.81. The Labute approximate surface area is 381 Å². The van der Waals surface area contributed by atoms with Crippen LogP contribution in [0, 0.1) is 5.92 Å².